The quantitative estimate of drug-likeness (QED) is 0.851. The van der Waals surface area contributed by atoms with Crippen molar-refractivity contribution in [2.75, 3.05) is 7.11 Å². The van der Waals surface area contributed by atoms with Crippen LogP contribution in [0.25, 0.3) is 0 Å². The zero-order chi connectivity index (χ0) is 14.6. The van der Waals surface area contributed by atoms with E-state index in [-0.39, 0.29) is 23.8 Å². The van der Waals surface area contributed by atoms with Gasteiger partial charge in [0.25, 0.3) is 0 Å². The first-order valence-electron chi connectivity index (χ1n) is 5.85. The van der Waals surface area contributed by atoms with Crippen molar-refractivity contribution in [1.82, 2.24) is 4.72 Å². The third kappa shape index (κ3) is 3.37. The first kappa shape index (κ1) is 15.0. The molecule has 2 aromatic rings. The number of ether oxygens (including phenoxy) is 1. The van der Waals surface area contributed by atoms with Gasteiger partial charge in [0.2, 0.25) is 10.0 Å². The number of sulfonamides is 1. The number of thiophene rings is 1. The average Bonchev–Trinajstić information content (AvgIpc) is 2.97. The Labute approximate surface area is 121 Å². The zero-order valence-corrected chi connectivity index (χ0v) is 12.5. The summed E-state index contributed by atoms with van der Waals surface area (Å²) in [6.07, 6.45) is 0. The van der Waals surface area contributed by atoms with E-state index in [0.717, 1.165) is 5.56 Å². The van der Waals surface area contributed by atoms with Gasteiger partial charge in [-0.2, -0.15) is 11.3 Å². The predicted octanol–water partition coefficient (Wildman–Crippen LogP) is 1.73. The zero-order valence-electron chi connectivity index (χ0n) is 10.9. The predicted molar refractivity (Wildman–Crippen MR) is 77.3 cm³/mol. The lowest BCUT2D eigenvalue weighted by Crippen LogP contribution is -2.23. The van der Waals surface area contributed by atoms with Crippen molar-refractivity contribution in [3.8, 4) is 5.75 Å². The SMILES string of the molecule is COc1cc(CO)ccc1S(=O)(=O)NCc1ccsc1. The van der Waals surface area contributed by atoms with Crippen LogP contribution in [0.4, 0.5) is 0 Å². The number of aliphatic hydroxyl groups excluding tert-OH is 1. The smallest absolute Gasteiger partial charge is 0.244 e. The Morgan fingerprint density at radius 2 is 2.10 bits per heavy atom. The molecule has 1 aromatic carbocycles. The highest BCUT2D eigenvalue weighted by Crippen LogP contribution is 2.25. The molecule has 0 unspecified atom stereocenters. The number of rotatable bonds is 6. The van der Waals surface area contributed by atoms with E-state index >= 15 is 0 Å². The van der Waals surface area contributed by atoms with E-state index in [9.17, 15) is 8.42 Å². The molecule has 0 fully saturated rings. The summed E-state index contributed by atoms with van der Waals surface area (Å²) in [7, 11) is -2.26. The highest BCUT2D eigenvalue weighted by molar-refractivity contribution is 7.89. The van der Waals surface area contributed by atoms with Crippen molar-refractivity contribution in [3.05, 3.63) is 46.2 Å². The molecule has 0 aliphatic heterocycles. The van der Waals surface area contributed by atoms with Crippen LogP contribution in [0, 0.1) is 0 Å². The van der Waals surface area contributed by atoms with E-state index in [4.69, 9.17) is 9.84 Å². The second-order valence-corrected chi connectivity index (χ2v) is 6.61. The summed E-state index contributed by atoms with van der Waals surface area (Å²) in [6.45, 7) is 0.0652. The number of hydrogen-bond acceptors (Lipinski definition) is 5. The van der Waals surface area contributed by atoms with Gasteiger partial charge in [0.05, 0.1) is 13.7 Å². The maximum absolute atomic E-state index is 12.3. The third-order valence-electron chi connectivity index (χ3n) is 2.75. The first-order valence-corrected chi connectivity index (χ1v) is 8.28. The number of aliphatic hydroxyl groups is 1. The Balaban J connectivity index is 2.24. The Morgan fingerprint density at radius 3 is 2.70 bits per heavy atom. The highest BCUT2D eigenvalue weighted by atomic mass is 32.2. The molecule has 20 heavy (non-hydrogen) atoms. The Bertz CT molecular complexity index is 666. The van der Waals surface area contributed by atoms with Crippen LogP contribution in [0.15, 0.2) is 39.9 Å². The Hall–Kier alpha value is -1.41. The molecule has 0 bridgehead atoms. The van der Waals surface area contributed by atoms with Crippen molar-refractivity contribution >= 4 is 21.4 Å². The second kappa shape index (κ2) is 6.36. The van der Waals surface area contributed by atoms with Crippen LogP contribution in [0.1, 0.15) is 11.1 Å². The van der Waals surface area contributed by atoms with Crippen molar-refractivity contribution in [2.24, 2.45) is 0 Å². The maximum atomic E-state index is 12.3. The summed E-state index contributed by atoms with van der Waals surface area (Å²) in [5.74, 6) is 0.217. The van der Waals surface area contributed by atoms with Gasteiger partial charge >= 0.3 is 0 Å². The van der Waals surface area contributed by atoms with E-state index in [0.29, 0.717) is 5.56 Å². The van der Waals surface area contributed by atoms with Crippen LogP contribution in [-0.4, -0.2) is 20.6 Å². The van der Waals surface area contributed by atoms with Crippen LogP contribution in [0.5, 0.6) is 5.75 Å². The van der Waals surface area contributed by atoms with Crippen LogP contribution in [-0.2, 0) is 23.2 Å². The summed E-state index contributed by atoms with van der Waals surface area (Å²) in [5, 5.41) is 12.8. The number of methoxy groups -OCH3 is 1. The Morgan fingerprint density at radius 1 is 1.30 bits per heavy atom. The van der Waals surface area contributed by atoms with Gasteiger partial charge in [-0.15, -0.1) is 0 Å². The average molecular weight is 313 g/mol. The molecular formula is C13H15NO4S2. The Kier molecular flexibility index (Phi) is 4.77. The first-order chi connectivity index (χ1) is 9.56. The van der Waals surface area contributed by atoms with Gasteiger partial charge in [-0.3, -0.25) is 0 Å². The maximum Gasteiger partial charge on any atom is 0.244 e. The van der Waals surface area contributed by atoms with Gasteiger partial charge in [0.1, 0.15) is 10.6 Å². The van der Waals surface area contributed by atoms with E-state index < -0.39 is 10.0 Å². The number of hydrogen-bond donors (Lipinski definition) is 2. The fourth-order valence-corrected chi connectivity index (χ4v) is 3.52. The molecule has 0 amide bonds. The summed E-state index contributed by atoms with van der Waals surface area (Å²) >= 11 is 1.51. The molecule has 2 N–H and O–H groups in total. The molecule has 1 aromatic heterocycles. The van der Waals surface area contributed by atoms with E-state index in [1.807, 2.05) is 16.8 Å². The monoisotopic (exact) mass is 313 g/mol. The molecule has 0 atom stereocenters. The molecule has 5 nitrogen and oxygen atoms in total. The molecular weight excluding hydrogens is 298 g/mol. The van der Waals surface area contributed by atoms with Gasteiger partial charge in [0, 0.05) is 6.54 Å². The lowest BCUT2D eigenvalue weighted by molar-refractivity contribution is 0.280. The van der Waals surface area contributed by atoms with Crippen LogP contribution >= 0.6 is 11.3 Å². The van der Waals surface area contributed by atoms with Gasteiger partial charge in [-0.1, -0.05) is 6.07 Å². The van der Waals surface area contributed by atoms with E-state index in [1.54, 1.807) is 6.07 Å². The lowest BCUT2D eigenvalue weighted by Gasteiger charge is -2.11. The topological polar surface area (TPSA) is 75.6 Å². The molecule has 0 saturated heterocycles. The largest absolute Gasteiger partial charge is 0.495 e. The molecule has 0 aliphatic rings. The molecule has 7 heteroatoms. The van der Waals surface area contributed by atoms with Crippen LogP contribution in [0.3, 0.4) is 0 Å². The van der Waals surface area contributed by atoms with E-state index in [2.05, 4.69) is 4.72 Å². The normalized spacial score (nSPS) is 11.5. The lowest BCUT2D eigenvalue weighted by atomic mass is 10.2. The molecule has 0 spiro atoms. The standard InChI is InChI=1S/C13H15NO4S2/c1-18-12-6-10(8-15)2-3-13(12)20(16,17)14-7-11-4-5-19-9-11/h2-6,9,14-15H,7-8H2,1H3. The summed E-state index contributed by atoms with van der Waals surface area (Å²) in [5.41, 5.74) is 1.50. The summed E-state index contributed by atoms with van der Waals surface area (Å²) in [6, 6.07) is 6.36. The van der Waals surface area contributed by atoms with Gasteiger partial charge < -0.3 is 9.84 Å². The van der Waals surface area contributed by atoms with Gasteiger partial charge in [0.15, 0.2) is 0 Å². The van der Waals surface area contributed by atoms with Crippen molar-refractivity contribution in [2.45, 2.75) is 18.0 Å². The minimum Gasteiger partial charge on any atom is -0.495 e. The van der Waals surface area contributed by atoms with Gasteiger partial charge in [-0.25, -0.2) is 13.1 Å². The molecule has 0 radical (unpaired) electrons. The third-order valence-corrected chi connectivity index (χ3v) is 4.92. The molecule has 1 heterocycles. The van der Waals surface area contributed by atoms with Gasteiger partial charge in [-0.05, 0) is 40.1 Å². The van der Waals surface area contributed by atoms with Crippen molar-refractivity contribution < 1.29 is 18.3 Å². The summed E-state index contributed by atoms with van der Waals surface area (Å²) < 4.78 is 32.1. The number of nitrogens with one attached hydrogen (secondary N) is 1. The second-order valence-electron chi connectivity index (χ2n) is 4.10. The van der Waals surface area contributed by atoms with Crippen molar-refractivity contribution in [3.63, 3.8) is 0 Å². The van der Waals surface area contributed by atoms with Crippen LogP contribution in [0.2, 0.25) is 0 Å². The highest BCUT2D eigenvalue weighted by Gasteiger charge is 2.19. The minimum atomic E-state index is -3.66. The molecule has 2 rings (SSSR count). The van der Waals surface area contributed by atoms with Crippen LogP contribution < -0.4 is 9.46 Å². The van der Waals surface area contributed by atoms with Crippen molar-refractivity contribution in [1.29, 1.82) is 0 Å². The molecule has 0 saturated carbocycles. The fraction of sp³-hybridized carbons (Fsp3) is 0.231. The molecule has 108 valence electrons. The molecule has 0 aliphatic carbocycles. The minimum absolute atomic E-state index is 0.0624. The summed E-state index contributed by atoms with van der Waals surface area (Å²) in [4.78, 5) is 0.0624. The fourth-order valence-electron chi connectivity index (χ4n) is 1.68. The number of benzene rings is 1. The van der Waals surface area contributed by atoms with E-state index in [1.165, 1.54) is 30.6 Å².